The number of hydrogen-bond donors (Lipinski definition) is 0. The Morgan fingerprint density at radius 1 is 1.08 bits per heavy atom. The fourth-order valence-corrected chi connectivity index (χ4v) is 4.60. The Balaban J connectivity index is 1.72. The normalized spacial score (nSPS) is 16.0. The first-order valence-corrected chi connectivity index (χ1v) is 9.81. The molecule has 0 atom stereocenters. The lowest BCUT2D eigenvalue weighted by atomic mass is 10.3. The molecule has 6 nitrogen and oxygen atoms in total. The van der Waals surface area contributed by atoms with E-state index in [1.807, 2.05) is 4.90 Å². The number of anilines is 1. The lowest BCUT2D eigenvalue weighted by Gasteiger charge is -2.35. The average molecular weight is 402 g/mol. The van der Waals surface area contributed by atoms with Gasteiger partial charge in [-0.05, 0) is 30.3 Å². The molecule has 1 saturated heterocycles. The molecule has 0 N–H and O–H groups in total. The van der Waals surface area contributed by atoms with E-state index < -0.39 is 10.0 Å². The van der Waals surface area contributed by atoms with Crippen LogP contribution in [-0.4, -0.2) is 51.0 Å². The Kier molecular flexibility index (Phi) is 5.38. The van der Waals surface area contributed by atoms with Gasteiger partial charge in [-0.25, -0.2) is 13.4 Å². The minimum Gasteiger partial charge on any atom is -0.497 e. The van der Waals surface area contributed by atoms with Crippen LogP contribution in [0.25, 0.3) is 0 Å². The van der Waals surface area contributed by atoms with Gasteiger partial charge in [0.15, 0.2) is 0 Å². The number of aromatic nitrogens is 1. The molecule has 2 heterocycles. The van der Waals surface area contributed by atoms with E-state index in [1.54, 1.807) is 37.4 Å². The average Bonchev–Trinajstić information content (AvgIpc) is 2.62. The van der Waals surface area contributed by atoms with Gasteiger partial charge in [-0.2, -0.15) is 4.31 Å². The number of nitrogens with zero attached hydrogens (tertiary/aromatic N) is 3. The second-order valence-electron chi connectivity index (χ2n) is 5.53. The molecule has 1 aromatic heterocycles. The summed E-state index contributed by atoms with van der Waals surface area (Å²) in [6.07, 6.45) is 1.53. The van der Waals surface area contributed by atoms with Crippen molar-refractivity contribution in [3.63, 3.8) is 0 Å². The van der Waals surface area contributed by atoms with Crippen molar-refractivity contribution in [1.82, 2.24) is 9.29 Å². The summed E-state index contributed by atoms with van der Waals surface area (Å²) in [7, 11) is -1.99. The van der Waals surface area contributed by atoms with E-state index in [-0.39, 0.29) is 4.90 Å². The zero-order valence-corrected chi connectivity index (χ0v) is 15.9. The smallest absolute Gasteiger partial charge is 0.243 e. The maximum atomic E-state index is 12.7. The van der Waals surface area contributed by atoms with Gasteiger partial charge in [0, 0.05) is 32.4 Å². The first-order valence-electron chi connectivity index (χ1n) is 7.62. The summed E-state index contributed by atoms with van der Waals surface area (Å²) in [6.45, 7) is 1.72. The molecule has 134 valence electrons. The molecular formula is C16H17Cl2N3O3S. The SMILES string of the molecule is COc1ccc(S(=O)(=O)N2CCN(c3ncc(Cl)cc3Cl)CC2)cc1. The summed E-state index contributed by atoms with van der Waals surface area (Å²) in [6, 6.07) is 8.02. The monoisotopic (exact) mass is 401 g/mol. The third-order valence-corrected chi connectivity index (χ3v) is 6.42. The number of hydrogen-bond acceptors (Lipinski definition) is 5. The van der Waals surface area contributed by atoms with Crippen LogP contribution in [0.2, 0.25) is 10.0 Å². The molecule has 0 bridgehead atoms. The number of benzene rings is 1. The Morgan fingerprint density at radius 3 is 2.28 bits per heavy atom. The second kappa shape index (κ2) is 7.37. The Morgan fingerprint density at radius 2 is 1.72 bits per heavy atom. The van der Waals surface area contributed by atoms with Crippen LogP contribution in [0.3, 0.4) is 0 Å². The van der Waals surface area contributed by atoms with E-state index >= 15 is 0 Å². The van der Waals surface area contributed by atoms with Gasteiger partial charge < -0.3 is 9.64 Å². The van der Waals surface area contributed by atoms with E-state index in [0.29, 0.717) is 47.8 Å². The predicted molar refractivity (Wildman–Crippen MR) is 98.2 cm³/mol. The van der Waals surface area contributed by atoms with E-state index in [2.05, 4.69) is 4.98 Å². The van der Waals surface area contributed by atoms with Crippen molar-refractivity contribution in [2.24, 2.45) is 0 Å². The molecule has 0 spiro atoms. The lowest BCUT2D eigenvalue weighted by Crippen LogP contribution is -2.49. The molecule has 0 unspecified atom stereocenters. The lowest BCUT2D eigenvalue weighted by molar-refractivity contribution is 0.383. The molecule has 0 saturated carbocycles. The molecule has 1 aliphatic rings. The van der Waals surface area contributed by atoms with E-state index in [9.17, 15) is 8.42 Å². The summed E-state index contributed by atoms with van der Waals surface area (Å²) in [4.78, 5) is 6.46. The molecule has 0 radical (unpaired) electrons. The molecule has 1 aliphatic heterocycles. The van der Waals surface area contributed by atoms with E-state index in [0.717, 1.165) is 0 Å². The van der Waals surface area contributed by atoms with Gasteiger partial charge in [-0.15, -0.1) is 0 Å². The zero-order chi connectivity index (χ0) is 18.0. The van der Waals surface area contributed by atoms with Crippen LogP contribution in [0.4, 0.5) is 5.82 Å². The molecule has 2 aromatic rings. The molecule has 9 heteroatoms. The van der Waals surface area contributed by atoms with Gasteiger partial charge in [-0.1, -0.05) is 23.2 Å². The fraction of sp³-hybridized carbons (Fsp3) is 0.312. The van der Waals surface area contributed by atoms with Crippen molar-refractivity contribution in [3.8, 4) is 5.75 Å². The molecule has 0 amide bonds. The second-order valence-corrected chi connectivity index (χ2v) is 8.31. The van der Waals surface area contributed by atoms with Crippen molar-refractivity contribution in [1.29, 1.82) is 0 Å². The van der Waals surface area contributed by atoms with Gasteiger partial charge in [0.2, 0.25) is 10.0 Å². The van der Waals surface area contributed by atoms with Crippen LogP contribution in [0.1, 0.15) is 0 Å². The van der Waals surface area contributed by atoms with Gasteiger partial charge in [0.1, 0.15) is 11.6 Å². The largest absolute Gasteiger partial charge is 0.497 e. The molecule has 3 rings (SSSR count). The molecule has 1 aromatic carbocycles. The quantitative estimate of drug-likeness (QED) is 0.787. The summed E-state index contributed by atoms with van der Waals surface area (Å²) < 4.78 is 32.0. The van der Waals surface area contributed by atoms with Crippen molar-refractivity contribution >= 4 is 39.0 Å². The van der Waals surface area contributed by atoms with Gasteiger partial charge in [0.25, 0.3) is 0 Å². The highest BCUT2D eigenvalue weighted by molar-refractivity contribution is 7.89. The minimum absolute atomic E-state index is 0.254. The van der Waals surface area contributed by atoms with Crippen LogP contribution in [0, 0.1) is 0 Å². The number of ether oxygens (including phenoxy) is 1. The van der Waals surface area contributed by atoms with Gasteiger partial charge >= 0.3 is 0 Å². The summed E-state index contributed by atoms with van der Waals surface area (Å²) in [5, 5.41) is 0.924. The van der Waals surface area contributed by atoms with E-state index in [4.69, 9.17) is 27.9 Å². The van der Waals surface area contributed by atoms with E-state index in [1.165, 1.54) is 10.5 Å². The third-order valence-electron chi connectivity index (χ3n) is 4.02. The maximum absolute atomic E-state index is 12.7. The minimum atomic E-state index is -3.53. The van der Waals surface area contributed by atoms with Crippen LogP contribution < -0.4 is 9.64 Å². The summed E-state index contributed by atoms with van der Waals surface area (Å²) in [5.41, 5.74) is 0. The van der Waals surface area contributed by atoms with Gasteiger partial charge in [0.05, 0.1) is 22.1 Å². The standard InChI is InChI=1S/C16H17Cl2N3O3S/c1-24-13-2-4-14(5-3-13)25(22,23)21-8-6-20(7-9-21)16-15(18)10-12(17)11-19-16/h2-5,10-11H,6-9H2,1H3. The van der Waals surface area contributed by atoms with Crippen LogP contribution in [0.5, 0.6) is 5.75 Å². The van der Waals surface area contributed by atoms with Crippen LogP contribution in [0.15, 0.2) is 41.4 Å². The number of halogens is 2. The Hall–Kier alpha value is -1.54. The number of pyridine rings is 1. The summed E-state index contributed by atoms with van der Waals surface area (Å²) in [5.74, 6) is 1.24. The molecule has 25 heavy (non-hydrogen) atoms. The fourth-order valence-electron chi connectivity index (χ4n) is 2.68. The zero-order valence-electron chi connectivity index (χ0n) is 13.5. The first-order chi connectivity index (χ1) is 11.9. The van der Waals surface area contributed by atoms with Crippen LogP contribution >= 0.6 is 23.2 Å². The highest BCUT2D eigenvalue weighted by atomic mass is 35.5. The Labute approximate surface area is 157 Å². The van der Waals surface area contributed by atoms with Crippen molar-refractivity contribution in [2.75, 3.05) is 38.2 Å². The first kappa shape index (κ1) is 18.3. The Bertz CT molecular complexity index is 851. The van der Waals surface area contributed by atoms with Crippen molar-refractivity contribution in [2.45, 2.75) is 4.90 Å². The third kappa shape index (κ3) is 3.84. The summed E-state index contributed by atoms with van der Waals surface area (Å²) >= 11 is 12.0. The number of methoxy groups -OCH3 is 1. The molecular weight excluding hydrogens is 385 g/mol. The highest BCUT2D eigenvalue weighted by Gasteiger charge is 2.29. The predicted octanol–water partition coefficient (Wildman–Crippen LogP) is 2.91. The van der Waals surface area contributed by atoms with Gasteiger partial charge in [-0.3, -0.25) is 0 Å². The number of sulfonamides is 1. The highest BCUT2D eigenvalue weighted by Crippen LogP contribution is 2.28. The maximum Gasteiger partial charge on any atom is 0.243 e. The van der Waals surface area contributed by atoms with Crippen LogP contribution in [-0.2, 0) is 10.0 Å². The number of piperazine rings is 1. The topological polar surface area (TPSA) is 62.7 Å². The molecule has 0 aliphatic carbocycles. The molecule has 1 fully saturated rings. The van der Waals surface area contributed by atoms with Crippen molar-refractivity contribution < 1.29 is 13.2 Å². The van der Waals surface area contributed by atoms with Crippen molar-refractivity contribution in [3.05, 3.63) is 46.6 Å². The number of rotatable bonds is 4.